The Labute approximate surface area is 111 Å². The summed E-state index contributed by atoms with van der Waals surface area (Å²) < 4.78 is 0. The van der Waals surface area contributed by atoms with Crippen molar-refractivity contribution in [2.45, 2.75) is 39.5 Å². The van der Waals surface area contributed by atoms with Gasteiger partial charge < -0.3 is 10.3 Å². The van der Waals surface area contributed by atoms with Gasteiger partial charge in [-0.1, -0.05) is 19.0 Å². The number of carbonyl (C=O) groups is 1. The number of carboxylic acid groups (broad SMARTS) is 1. The van der Waals surface area contributed by atoms with Crippen LogP contribution in [0.15, 0.2) is 17.3 Å². The van der Waals surface area contributed by atoms with Gasteiger partial charge in [0, 0.05) is 11.3 Å². The van der Waals surface area contributed by atoms with Crippen LogP contribution in [0.4, 0.5) is 0 Å². The highest BCUT2D eigenvalue weighted by Crippen LogP contribution is 2.22. The average molecular weight is 269 g/mol. The highest BCUT2D eigenvalue weighted by atomic mass is 32.1. The molecule has 1 aromatic heterocycles. The van der Waals surface area contributed by atoms with Gasteiger partial charge in [0.2, 0.25) is 0 Å². The van der Waals surface area contributed by atoms with Gasteiger partial charge in [-0.3, -0.25) is 4.79 Å². The highest BCUT2D eigenvalue weighted by molar-refractivity contribution is 7.14. The molecule has 0 atom stereocenters. The number of oxime groups is 1. The van der Waals surface area contributed by atoms with E-state index in [1.165, 1.54) is 4.88 Å². The van der Waals surface area contributed by atoms with Crippen LogP contribution in [0.5, 0.6) is 0 Å². The molecule has 0 saturated carbocycles. The first kappa shape index (κ1) is 14.7. The average Bonchev–Trinajstić information content (AvgIpc) is 2.71. The van der Waals surface area contributed by atoms with Crippen molar-refractivity contribution in [1.29, 1.82) is 0 Å². The topological polar surface area (TPSA) is 69.9 Å². The van der Waals surface area contributed by atoms with Gasteiger partial charge >= 0.3 is 5.97 Å². The molecule has 0 aliphatic carbocycles. The minimum atomic E-state index is -0.820. The summed E-state index contributed by atoms with van der Waals surface area (Å²) in [7, 11) is 0. The predicted octanol–water partition coefficient (Wildman–Crippen LogP) is 3.38. The smallest absolute Gasteiger partial charge is 0.303 e. The van der Waals surface area contributed by atoms with E-state index in [4.69, 9.17) is 10.3 Å². The molecule has 5 heteroatoms. The summed E-state index contributed by atoms with van der Waals surface area (Å²) in [5.74, 6) is -0.225. The van der Waals surface area contributed by atoms with Gasteiger partial charge in [-0.25, -0.2) is 0 Å². The zero-order chi connectivity index (χ0) is 13.5. The Morgan fingerprint density at radius 3 is 2.67 bits per heavy atom. The van der Waals surface area contributed by atoms with Gasteiger partial charge in [-0.05, 0) is 37.3 Å². The van der Waals surface area contributed by atoms with Crippen LogP contribution >= 0.6 is 11.3 Å². The maximum absolute atomic E-state index is 10.4. The minimum absolute atomic E-state index is 0.100. The highest BCUT2D eigenvalue weighted by Gasteiger charge is 2.10. The lowest BCUT2D eigenvalue weighted by molar-refractivity contribution is -0.137. The molecule has 0 unspecified atom stereocenters. The van der Waals surface area contributed by atoms with Crippen molar-refractivity contribution in [3.8, 4) is 0 Å². The van der Waals surface area contributed by atoms with Crippen LogP contribution in [0.3, 0.4) is 0 Å². The second-order valence-corrected chi connectivity index (χ2v) is 5.83. The van der Waals surface area contributed by atoms with Crippen LogP contribution < -0.4 is 0 Å². The fourth-order valence-electron chi connectivity index (χ4n) is 1.67. The van der Waals surface area contributed by atoms with Crippen molar-refractivity contribution in [3.63, 3.8) is 0 Å². The van der Waals surface area contributed by atoms with E-state index in [2.05, 4.69) is 19.0 Å². The summed E-state index contributed by atoms with van der Waals surface area (Å²) in [6.07, 6.45) is 2.10. The van der Waals surface area contributed by atoms with Crippen LogP contribution in [-0.2, 0) is 11.2 Å². The Morgan fingerprint density at radius 2 is 2.11 bits per heavy atom. The van der Waals surface area contributed by atoms with Gasteiger partial charge in [-0.15, -0.1) is 11.3 Å². The van der Waals surface area contributed by atoms with E-state index in [1.54, 1.807) is 11.3 Å². The number of rotatable bonds is 7. The Hall–Kier alpha value is -1.36. The fourth-order valence-corrected chi connectivity index (χ4v) is 2.91. The van der Waals surface area contributed by atoms with Crippen LogP contribution in [0, 0.1) is 5.92 Å². The molecule has 0 spiro atoms. The van der Waals surface area contributed by atoms with Crippen molar-refractivity contribution in [1.82, 2.24) is 0 Å². The Kier molecular flexibility index (Phi) is 5.85. The molecule has 0 bridgehead atoms. The third-order valence-corrected chi connectivity index (χ3v) is 3.64. The molecule has 0 amide bonds. The number of hydrogen-bond donors (Lipinski definition) is 2. The van der Waals surface area contributed by atoms with E-state index in [0.29, 0.717) is 24.5 Å². The molecule has 0 aromatic carbocycles. The summed E-state index contributed by atoms with van der Waals surface area (Å²) in [6, 6.07) is 3.99. The Bertz CT molecular complexity index is 424. The zero-order valence-electron chi connectivity index (χ0n) is 10.7. The predicted molar refractivity (Wildman–Crippen MR) is 72.7 cm³/mol. The first-order valence-corrected chi connectivity index (χ1v) is 6.86. The number of aliphatic carboxylic acids is 1. The van der Waals surface area contributed by atoms with Gasteiger partial charge in [-0.2, -0.15) is 0 Å². The molecule has 2 N–H and O–H groups in total. The molecule has 0 fully saturated rings. The maximum Gasteiger partial charge on any atom is 0.303 e. The summed E-state index contributed by atoms with van der Waals surface area (Å²) in [4.78, 5) is 12.6. The molecule has 1 aromatic rings. The van der Waals surface area contributed by atoms with Crippen LogP contribution in [0.2, 0.25) is 0 Å². The van der Waals surface area contributed by atoms with Crippen molar-refractivity contribution in [3.05, 3.63) is 21.9 Å². The molecule has 4 nitrogen and oxygen atoms in total. The van der Waals surface area contributed by atoms with Crippen molar-refractivity contribution < 1.29 is 15.1 Å². The van der Waals surface area contributed by atoms with Crippen molar-refractivity contribution in [2.75, 3.05) is 0 Å². The zero-order valence-corrected chi connectivity index (χ0v) is 11.5. The van der Waals surface area contributed by atoms with E-state index < -0.39 is 5.97 Å². The molecule has 0 saturated heterocycles. The van der Waals surface area contributed by atoms with Crippen LogP contribution in [-0.4, -0.2) is 22.0 Å². The van der Waals surface area contributed by atoms with Gasteiger partial charge in [0.15, 0.2) is 0 Å². The second-order valence-electron chi connectivity index (χ2n) is 4.66. The standard InChI is InChI=1S/C13H19NO3S/c1-9(2)8-10-6-7-12(18-10)11(14-17)4-3-5-13(15)16/h6-7,9,17H,3-5,8H2,1-2H3,(H,15,16). The summed E-state index contributed by atoms with van der Waals surface area (Å²) in [6.45, 7) is 4.32. The molecule has 0 radical (unpaired) electrons. The van der Waals surface area contributed by atoms with E-state index >= 15 is 0 Å². The molecule has 100 valence electrons. The van der Waals surface area contributed by atoms with Gasteiger partial charge in [0.05, 0.1) is 10.6 Å². The van der Waals surface area contributed by atoms with Crippen LogP contribution in [0.25, 0.3) is 0 Å². The summed E-state index contributed by atoms with van der Waals surface area (Å²) >= 11 is 1.61. The Balaban J connectivity index is 2.60. The molecule has 1 rings (SSSR count). The summed E-state index contributed by atoms with van der Waals surface area (Å²) in [5, 5.41) is 20.8. The number of nitrogens with zero attached hydrogens (tertiary/aromatic N) is 1. The summed E-state index contributed by atoms with van der Waals surface area (Å²) in [5.41, 5.74) is 0.580. The molecule has 18 heavy (non-hydrogen) atoms. The maximum atomic E-state index is 10.4. The fraction of sp³-hybridized carbons (Fsp3) is 0.538. The molecular formula is C13H19NO3S. The first-order chi connectivity index (χ1) is 8.52. The first-order valence-electron chi connectivity index (χ1n) is 6.04. The van der Waals surface area contributed by atoms with Gasteiger partial charge in [0.25, 0.3) is 0 Å². The lowest BCUT2D eigenvalue weighted by Crippen LogP contribution is -2.01. The van der Waals surface area contributed by atoms with Gasteiger partial charge in [0.1, 0.15) is 0 Å². The number of hydrogen-bond acceptors (Lipinski definition) is 4. The lowest BCUT2D eigenvalue weighted by atomic mass is 10.1. The third kappa shape index (κ3) is 4.87. The third-order valence-electron chi connectivity index (χ3n) is 2.48. The SMILES string of the molecule is CC(C)Cc1ccc(C(CCCC(=O)O)=NO)s1. The molecule has 1 heterocycles. The largest absolute Gasteiger partial charge is 0.481 e. The normalized spacial score (nSPS) is 12.1. The lowest BCUT2D eigenvalue weighted by Gasteiger charge is -2.01. The minimum Gasteiger partial charge on any atom is -0.481 e. The number of thiophene rings is 1. The second kappa shape index (κ2) is 7.16. The monoisotopic (exact) mass is 269 g/mol. The van der Waals surface area contributed by atoms with E-state index in [-0.39, 0.29) is 6.42 Å². The van der Waals surface area contributed by atoms with Crippen LogP contribution in [0.1, 0.15) is 42.9 Å². The van der Waals surface area contributed by atoms with Crippen molar-refractivity contribution in [2.24, 2.45) is 11.1 Å². The Morgan fingerprint density at radius 1 is 1.39 bits per heavy atom. The number of carboxylic acids is 1. The molecular weight excluding hydrogens is 250 g/mol. The molecule has 0 aliphatic heterocycles. The van der Waals surface area contributed by atoms with E-state index in [0.717, 1.165) is 11.3 Å². The quantitative estimate of drug-likeness (QED) is 0.453. The molecule has 0 aliphatic rings. The van der Waals surface area contributed by atoms with Crippen molar-refractivity contribution >= 4 is 23.0 Å². The van der Waals surface area contributed by atoms with E-state index in [1.807, 2.05) is 12.1 Å². The van der Waals surface area contributed by atoms with E-state index in [9.17, 15) is 4.79 Å².